The third-order valence-corrected chi connectivity index (χ3v) is 5.29. The average molecular weight is 398 g/mol. The molecule has 0 unspecified atom stereocenters. The number of aromatic nitrogens is 1. The highest BCUT2D eigenvalue weighted by atomic mass is 16.6. The van der Waals surface area contributed by atoms with Crippen molar-refractivity contribution in [1.82, 2.24) is 4.57 Å². The summed E-state index contributed by atoms with van der Waals surface area (Å²) in [6.07, 6.45) is 0.470. The number of amides is 1. The predicted octanol–water partition coefficient (Wildman–Crippen LogP) is 5.21. The van der Waals surface area contributed by atoms with Crippen LogP contribution in [0, 0.1) is 11.3 Å². The molecule has 2 aromatic carbocycles. The molecule has 1 aliphatic heterocycles. The first-order valence-corrected chi connectivity index (χ1v) is 9.86. The standard InChI is InChI=1S/C24H22N4O2/c1-4-28-22-8-6-5-7-19(22)21(14-25)23(28)17-9-11-18(12-10-17)26-24(29)20-13-15(2)27-30-16(20)3/h5-12H,4,13H2,1-3H3,(H,26,29). The maximum atomic E-state index is 12.6. The van der Waals surface area contributed by atoms with Gasteiger partial charge in [-0.2, -0.15) is 5.26 Å². The molecule has 150 valence electrons. The van der Waals surface area contributed by atoms with Gasteiger partial charge in [0.05, 0.1) is 22.5 Å². The maximum absolute atomic E-state index is 12.6. The Hall–Kier alpha value is -3.85. The molecule has 0 saturated carbocycles. The zero-order chi connectivity index (χ0) is 21.3. The Morgan fingerprint density at radius 1 is 1.20 bits per heavy atom. The third-order valence-electron chi connectivity index (χ3n) is 5.29. The summed E-state index contributed by atoms with van der Waals surface area (Å²) < 4.78 is 2.15. The van der Waals surface area contributed by atoms with Crippen molar-refractivity contribution in [3.63, 3.8) is 0 Å². The van der Waals surface area contributed by atoms with E-state index in [1.54, 1.807) is 6.92 Å². The van der Waals surface area contributed by atoms with Crippen LogP contribution in [0.1, 0.15) is 32.8 Å². The first-order valence-electron chi connectivity index (χ1n) is 9.86. The van der Waals surface area contributed by atoms with Gasteiger partial charge >= 0.3 is 0 Å². The number of carbonyl (C=O) groups is 1. The van der Waals surface area contributed by atoms with Crippen LogP contribution in [0.15, 0.2) is 65.0 Å². The van der Waals surface area contributed by atoms with Crippen LogP contribution in [0.2, 0.25) is 0 Å². The Kier molecular flexibility index (Phi) is 5.11. The fourth-order valence-corrected chi connectivity index (χ4v) is 3.82. The van der Waals surface area contributed by atoms with E-state index in [0.717, 1.165) is 34.4 Å². The van der Waals surface area contributed by atoms with Gasteiger partial charge in [-0.1, -0.05) is 35.5 Å². The highest BCUT2D eigenvalue weighted by Crippen LogP contribution is 2.34. The molecule has 0 fully saturated rings. The Balaban J connectivity index is 1.65. The van der Waals surface area contributed by atoms with E-state index < -0.39 is 0 Å². The van der Waals surface area contributed by atoms with E-state index >= 15 is 0 Å². The van der Waals surface area contributed by atoms with Crippen LogP contribution in [0.3, 0.4) is 0 Å². The second-order valence-corrected chi connectivity index (χ2v) is 7.26. The maximum Gasteiger partial charge on any atom is 0.255 e. The summed E-state index contributed by atoms with van der Waals surface area (Å²) in [6, 6.07) is 17.9. The number of aryl methyl sites for hydroxylation is 1. The summed E-state index contributed by atoms with van der Waals surface area (Å²) in [5, 5.41) is 17.6. The Bertz CT molecular complexity index is 1240. The van der Waals surface area contributed by atoms with Crippen LogP contribution in [-0.2, 0) is 16.2 Å². The molecule has 0 spiro atoms. The summed E-state index contributed by atoms with van der Waals surface area (Å²) in [6.45, 7) is 6.39. The van der Waals surface area contributed by atoms with Gasteiger partial charge in [0, 0.05) is 29.6 Å². The minimum absolute atomic E-state index is 0.199. The number of hydrogen-bond acceptors (Lipinski definition) is 4. The lowest BCUT2D eigenvalue weighted by Gasteiger charge is -2.15. The van der Waals surface area contributed by atoms with E-state index in [-0.39, 0.29) is 5.91 Å². The molecule has 0 radical (unpaired) electrons. The monoisotopic (exact) mass is 398 g/mol. The molecule has 1 aromatic heterocycles. The van der Waals surface area contributed by atoms with Gasteiger partial charge in [0.25, 0.3) is 5.91 Å². The van der Waals surface area contributed by atoms with Crippen LogP contribution < -0.4 is 5.32 Å². The van der Waals surface area contributed by atoms with Crippen molar-refractivity contribution in [2.45, 2.75) is 33.7 Å². The quantitative estimate of drug-likeness (QED) is 0.655. The van der Waals surface area contributed by atoms with E-state index in [0.29, 0.717) is 29.0 Å². The van der Waals surface area contributed by atoms with Gasteiger partial charge in [-0.25, -0.2) is 0 Å². The number of hydrogen-bond donors (Lipinski definition) is 1. The van der Waals surface area contributed by atoms with Crippen molar-refractivity contribution < 1.29 is 9.63 Å². The summed E-state index contributed by atoms with van der Waals surface area (Å²) in [5.41, 5.74) is 5.55. The summed E-state index contributed by atoms with van der Waals surface area (Å²) in [4.78, 5) is 17.8. The number of rotatable bonds is 4. The molecule has 6 heteroatoms. The van der Waals surface area contributed by atoms with E-state index in [1.807, 2.05) is 55.5 Å². The molecule has 1 amide bonds. The molecule has 4 rings (SSSR count). The van der Waals surface area contributed by atoms with Gasteiger partial charge in [-0.05, 0) is 44.5 Å². The normalized spacial score (nSPS) is 13.6. The number of fused-ring (bicyclic) bond motifs is 1. The van der Waals surface area contributed by atoms with Crippen LogP contribution in [0.4, 0.5) is 5.69 Å². The van der Waals surface area contributed by atoms with Crippen molar-refractivity contribution in [1.29, 1.82) is 5.26 Å². The van der Waals surface area contributed by atoms with E-state index in [2.05, 4.69) is 28.0 Å². The Labute approximate surface area is 175 Å². The molecular formula is C24H22N4O2. The first kappa shape index (κ1) is 19.5. The molecule has 1 aliphatic rings. The second kappa shape index (κ2) is 7.88. The molecule has 2 heterocycles. The smallest absolute Gasteiger partial charge is 0.255 e. The zero-order valence-corrected chi connectivity index (χ0v) is 17.2. The first-order chi connectivity index (χ1) is 14.5. The minimum atomic E-state index is -0.199. The molecule has 1 N–H and O–H groups in total. The summed E-state index contributed by atoms with van der Waals surface area (Å²) in [7, 11) is 0. The SMILES string of the molecule is CCn1c(-c2ccc(NC(=O)C3=C(C)ON=C(C)C3)cc2)c(C#N)c2ccccc21. The number of benzene rings is 2. The largest absolute Gasteiger partial charge is 0.361 e. The summed E-state index contributed by atoms with van der Waals surface area (Å²) >= 11 is 0. The number of allylic oxidation sites excluding steroid dienone is 1. The average Bonchev–Trinajstić information content (AvgIpc) is 3.09. The number of nitriles is 1. The highest BCUT2D eigenvalue weighted by Gasteiger charge is 2.20. The highest BCUT2D eigenvalue weighted by molar-refractivity contribution is 6.08. The minimum Gasteiger partial charge on any atom is -0.361 e. The van der Waals surface area contributed by atoms with E-state index in [1.165, 1.54) is 0 Å². The van der Waals surface area contributed by atoms with E-state index in [9.17, 15) is 10.1 Å². The van der Waals surface area contributed by atoms with Crippen molar-refractivity contribution in [3.05, 3.63) is 65.4 Å². The second-order valence-electron chi connectivity index (χ2n) is 7.26. The fourth-order valence-electron chi connectivity index (χ4n) is 3.82. The Morgan fingerprint density at radius 2 is 1.93 bits per heavy atom. The van der Waals surface area contributed by atoms with Gasteiger partial charge < -0.3 is 14.7 Å². The van der Waals surface area contributed by atoms with E-state index in [4.69, 9.17) is 4.84 Å². The zero-order valence-electron chi connectivity index (χ0n) is 17.2. The molecule has 0 saturated heterocycles. The van der Waals surface area contributed by atoms with Crippen LogP contribution in [0.25, 0.3) is 22.2 Å². The number of oxime groups is 1. The molecule has 0 atom stereocenters. The number of para-hydroxylation sites is 1. The predicted molar refractivity (Wildman–Crippen MR) is 118 cm³/mol. The molecule has 0 aliphatic carbocycles. The van der Waals surface area contributed by atoms with Gasteiger partial charge in [-0.3, -0.25) is 4.79 Å². The van der Waals surface area contributed by atoms with Crippen molar-refractivity contribution in [2.75, 3.05) is 5.32 Å². The van der Waals surface area contributed by atoms with Crippen LogP contribution in [0.5, 0.6) is 0 Å². The number of nitrogens with zero attached hydrogens (tertiary/aromatic N) is 3. The van der Waals surface area contributed by atoms with Gasteiger partial charge in [0.2, 0.25) is 0 Å². The lowest BCUT2D eigenvalue weighted by atomic mass is 10.0. The number of anilines is 1. The molecule has 0 bridgehead atoms. The van der Waals surface area contributed by atoms with Crippen molar-refractivity contribution >= 4 is 28.2 Å². The van der Waals surface area contributed by atoms with Crippen molar-refractivity contribution in [2.24, 2.45) is 5.16 Å². The van der Waals surface area contributed by atoms with Gasteiger partial charge in [-0.15, -0.1) is 0 Å². The number of nitrogens with one attached hydrogen (secondary N) is 1. The fraction of sp³-hybridized carbons (Fsp3) is 0.208. The number of carbonyl (C=O) groups excluding carboxylic acids is 1. The molecule has 3 aromatic rings. The van der Waals surface area contributed by atoms with Crippen LogP contribution >= 0.6 is 0 Å². The molecule has 6 nitrogen and oxygen atoms in total. The Morgan fingerprint density at radius 3 is 2.63 bits per heavy atom. The summed E-state index contributed by atoms with van der Waals surface area (Å²) in [5.74, 6) is 0.315. The van der Waals surface area contributed by atoms with Gasteiger partial charge in [0.15, 0.2) is 0 Å². The third kappa shape index (κ3) is 3.35. The van der Waals surface area contributed by atoms with Gasteiger partial charge in [0.1, 0.15) is 11.8 Å². The topological polar surface area (TPSA) is 79.4 Å². The molecular weight excluding hydrogens is 376 g/mol. The lowest BCUT2D eigenvalue weighted by Crippen LogP contribution is -2.20. The van der Waals surface area contributed by atoms with Crippen LogP contribution in [-0.4, -0.2) is 16.2 Å². The lowest BCUT2D eigenvalue weighted by molar-refractivity contribution is -0.113. The molecule has 30 heavy (non-hydrogen) atoms. The van der Waals surface area contributed by atoms with Crippen molar-refractivity contribution in [3.8, 4) is 17.3 Å².